The molecule has 3 N–H and O–H groups in total. The van der Waals surface area contributed by atoms with Gasteiger partial charge >= 0.3 is 6.03 Å². The SMILES string of the molecule is CCOc1nn(-c2ccccc2)c(NC(=O)N[C@@H]2CN([C@H](C)CO)C[C@H]2c2ccc(F)c(F)c2)c1C. The molecule has 1 saturated heterocycles. The molecule has 2 amide bonds. The molecule has 0 saturated carbocycles. The number of hydrogen-bond acceptors (Lipinski definition) is 5. The topological polar surface area (TPSA) is 91.6 Å². The molecule has 1 aliphatic rings. The third-order valence-corrected chi connectivity index (χ3v) is 6.52. The number of likely N-dealkylation sites (tertiary alicyclic amines) is 1. The maximum atomic E-state index is 14.0. The first-order valence-electron chi connectivity index (χ1n) is 12.0. The predicted molar refractivity (Wildman–Crippen MR) is 133 cm³/mol. The highest BCUT2D eigenvalue weighted by Crippen LogP contribution is 2.31. The first kappa shape index (κ1) is 25.6. The van der Waals surface area contributed by atoms with Crippen molar-refractivity contribution in [3.63, 3.8) is 0 Å². The van der Waals surface area contributed by atoms with E-state index in [2.05, 4.69) is 15.7 Å². The number of aliphatic hydroxyl groups excluding tert-OH is 1. The van der Waals surface area contributed by atoms with Crippen LogP contribution in [0.25, 0.3) is 5.69 Å². The molecule has 192 valence electrons. The first-order chi connectivity index (χ1) is 17.3. The second-order valence-corrected chi connectivity index (χ2v) is 8.93. The summed E-state index contributed by atoms with van der Waals surface area (Å²) in [6.07, 6.45) is 0. The number of rotatable bonds is 8. The zero-order chi connectivity index (χ0) is 25.8. The highest BCUT2D eigenvalue weighted by molar-refractivity contribution is 5.90. The highest BCUT2D eigenvalue weighted by atomic mass is 19.2. The number of aromatic nitrogens is 2. The van der Waals surface area contributed by atoms with Gasteiger partial charge in [-0.15, -0.1) is 5.10 Å². The third-order valence-electron chi connectivity index (χ3n) is 6.52. The molecule has 1 aromatic heterocycles. The van der Waals surface area contributed by atoms with Crippen LogP contribution in [0, 0.1) is 18.6 Å². The monoisotopic (exact) mass is 499 g/mol. The summed E-state index contributed by atoms with van der Waals surface area (Å²) in [5.74, 6) is -1.27. The average molecular weight is 500 g/mol. The molecule has 1 aliphatic heterocycles. The van der Waals surface area contributed by atoms with Gasteiger partial charge in [-0.3, -0.25) is 10.2 Å². The molecule has 0 radical (unpaired) electrons. The number of para-hydroxylation sites is 1. The number of aliphatic hydroxyl groups is 1. The van der Waals surface area contributed by atoms with Crippen molar-refractivity contribution in [1.82, 2.24) is 20.0 Å². The minimum atomic E-state index is -0.935. The summed E-state index contributed by atoms with van der Waals surface area (Å²) in [6.45, 7) is 6.85. The summed E-state index contributed by atoms with van der Waals surface area (Å²) in [4.78, 5) is 15.2. The van der Waals surface area contributed by atoms with E-state index in [1.54, 1.807) is 4.68 Å². The van der Waals surface area contributed by atoms with Crippen molar-refractivity contribution in [2.75, 3.05) is 31.6 Å². The molecule has 10 heteroatoms. The Morgan fingerprint density at radius 3 is 2.61 bits per heavy atom. The Labute approximate surface area is 208 Å². The lowest BCUT2D eigenvalue weighted by atomic mass is 9.94. The maximum absolute atomic E-state index is 14.0. The maximum Gasteiger partial charge on any atom is 0.320 e. The van der Waals surface area contributed by atoms with Crippen LogP contribution in [-0.2, 0) is 0 Å². The molecular weight excluding hydrogens is 468 g/mol. The van der Waals surface area contributed by atoms with Crippen molar-refractivity contribution in [3.8, 4) is 11.6 Å². The van der Waals surface area contributed by atoms with Gasteiger partial charge in [0.1, 0.15) is 5.82 Å². The van der Waals surface area contributed by atoms with Crippen molar-refractivity contribution in [3.05, 3.63) is 71.3 Å². The van der Waals surface area contributed by atoms with Crippen molar-refractivity contribution >= 4 is 11.8 Å². The van der Waals surface area contributed by atoms with E-state index in [9.17, 15) is 18.7 Å². The number of carbonyl (C=O) groups is 1. The molecule has 4 rings (SSSR count). The number of nitrogens with one attached hydrogen (secondary N) is 2. The van der Waals surface area contributed by atoms with Crippen LogP contribution in [0.15, 0.2) is 48.5 Å². The fourth-order valence-corrected chi connectivity index (χ4v) is 4.50. The van der Waals surface area contributed by atoms with Crippen molar-refractivity contribution in [1.29, 1.82) is 0 Å². The zero-order valence-corrected chi connectivity index (χ0v) is 20.5. The molecule has 8 nitrogen and oxygen atoms in total. The minimum Gasteiger partial charge on any atom is -0.477 e. The Balaban J connectivity index is 1.59. The van der Waals surface area contributed by atoms with Gasteiger partial charge in [0.15, 0.2) is 11.6 Å². The number of anilines is 1. The molecule has 0 unspecified atom stereocenters. The number of nitrogens with zero attached hydrogens (tertiary/aromatic N) is 3. The second-order valence-electron chi connectivity index (χ2n) is 8.93. The van der Waals surface area contributed by atoms with Gasteiger partial charge in [0.2, 0.25) is 5.88 Å². The molecule has 2 aromatic carbocycles. The Hall–Kier alpha value is -3.50. The summed E-state index contributed by atoms with van der Waals surface area (Å²) >= 11 is 0. The Bertz CT molecular complexity index is 1200. The number of carbonyl (C=O) groups excluding carboxylic acids is 1. The van der Waals surface area contributed by atoms with E-state index >= 15 is 0 Å². The fourth-order valence-electron chi connectivity index (χ4n) is 4.50. The molecule has 2 heterocycles. The molecule has 36 heavy (non-hydrogen) atoms. The number of amides is 2. The normalized spacial score (nSPS) is 18.7. The van der Waals surface area contributed by atoms with Crippen LogP contribution in [0.3, 0.4) is 0 Å². The van der Waals surface area contributed by atoms with Crippen LogP contribution in [0.5, 0.6) is 5.88 Å². The molecular formula is C26H31F2N5O3. The van der Waals surface area contributed by atoms with E-state index in [0.29, 0.717) is 42.5 Å². The smallest absolute Gasteiger partial charge is 0.320 e. The van der Waals surface area contributed by atoms with Gasteiger partial charge in [0.05, 0.1) is 30.5 Å². The third kappa shape index (κ3) is 5.34. The van der Waals surface area contributed by atoms with Gasteiger partial charge < -0.3 is 15.2 Å². The number of urea groups is 1. The highest BCUT2D eigenvalue weighted by Gasteiger charge is 2.37. The lowest BCUT2D eigenvalue weighted by molar-refractivity contribution is 0.155. The Morgan fingerprint density at radius 2 is 1.94 bits per heavy atom. The van der Waals surface area contributed by atoms with Crippen molar-refractivity contribution in [2.45, 2.75) is 38.8 Å². The lowest BCUT2D eigenvalue weighted by Gasteiger charge is -2.22. The number of halogens is 2. The van der Waals surface area contributed by atoms with Gasteiger partial charge in [-0.1, -0.05) is 24.3 Å². The minimum absolute atomic E-state index is 0.0565. The summed E-state index contributed by atoms with van der Waals surface area (Å²) in [5, 5.41) is 20.1. The van der Waals surface area contributed by atoms with Gasteiger partial charge in [-0.2, -0.15) is 0 Å². The van der Waals surface area contributed by atoms with Gasteiger partial charge in [-0.05, 0) is 50.6 Å². The summed E-state index contributed by atoms with van der Waals surface area (Å²) in [7, 11) is 0. The largest absolute Gasteiger partial charge is 0.477 e. The number of ether oxygens (including phenoxy) is 1. The van der Waals surface area contributed by atoms with Gasteiger partial charge in [0.25, 0.3) is 0 Å². The molecule has 0 bridgehead atoms. The summed E-state index contributed by atoms with van der Waals surface area (Å²) in [6, 6.07) is 12.2. The van der Waals surface area contributed by atoms with E-state index in [4.69, 9.17) is 4.74 Å². The van der Waals surface area contributed by atoms with E-state index in [-0.39, 0.29) is 18.6 Å². The summed E-state index contributed by atoms with van der Waals surface area (Å²) in [5.41, 5.74) is 2.01. The van der Waals surface area contributed by atoms with Gasteiger partial charge in [-0.25, -0.2) is 18.3 Å². The standard InChI is InChI=1S/C26H31F2N5O3/c1-4-36-25-17(3)24(33(31-25)19-8-6-5-7-9-19)30-26(35)29-23-14-32(16(2)15-34)13-20(23)18-10-11-21(27)22(28)12-18/h5-12,16,20,23,34H,4,13-15H2,1-3H3,(H2,29,30,35)/t16-,20+,23-/m1/s1. The van der Waals surface area contributed by atoms with Gasteiger partial charge in [0, 0.05) is 25.0 Å². The van der Waals surface area contributed by atoms with Crippen molar-refractivity contribution in [2.24, 2.45) is 0 Å². The lowest BCUT2D eigenvalue weighted by Crippen LogP contribution is -2.43. The number of hydrogen-bond donors (Lipinski definition) is 3. The zero-order valence-electron chi connectivity index (χ0n) is 20.5. The van der Waals surface area contributed by atoms with E-state index in [1.165, 1.54) is 12.1 Å². The molecule has 3 atom stereocenters. The van der Waals surface area contributed by atoms with Crippen LogP contribution in [0.4, 0.5) is 19.4 Å². The van der Waals surface area contributed by atoms with Crippen LogP contribution in [-0.4, -0.2) is 64.2 Å². The van der Waals surface area contributed by atoms with Crippen LogP contribution in [0.2, 0.25) is 0 Å². The molecule has 0 aliphatic carbocycles. The van der Waals surface area contributed by atoms with Crippen LogP contribution in [0.1, 0.15) is 30.9 Å². The average Bonchev–Trinajstić information content (AvgIpc) is 3.43. The van der Waals surface area contributed by atoms with Crippen LogP contribution >= 0.6 is 0 Å². The second kappa shape index (κ2) is 11.0. The summed E-state index contributed by atoms with van der Waals surface area (Å²) < 4.78 is 34.8. The molecule has 0 spiro atoms. The van der Waals surface area contributed by atoms with E-state index < -0.39 is 23.7 Å². The van der Waals surface area contributed by atoms with E-state index in [1.807, 2.05) is 56.0 Å². The Kier molecular flexibility index (Phi) is 7.85. The molecule has 1 fully saturated rings. The van der Waals surface area contributed by atoms with Crippen molar-refractivity contribution < 1.29 is 23.4 Å². The fraction of sp³-hybridized carbons (Fsp3) is 0.385. The first-order valence-corrected chi connectivity index (χ1v) is 12.0. The van der Waals surface area contributed by atoms with Crippen LogP contribution < -0.4 is 15.4 Å². The Morgan fingerprint density at radius 1 is 1.19 bits per heavy atom. The quantitative estimate of drug-likeness (QED) is 0.438. The van der Waals surface area contributed by atoms with E-state index in [0.717, 1.165) is 11.8 Å². The predicted octanol–water partition coefficient (Wildman–Crippen LogP) is 3.83. The molecule has 3 aromatic rings. The number of benzene rings is 2.